The number of anilines is 1. The van der Waals surface area contributed by atoms with Gasteiger partial charge in [0.2, 0.25) is 0 Å². The monoisotopic (exact) mass is 487 g/mol. The molecule has 1 amide bonds. The number of carbonyl (C=O) groups excluding carboxylic acids is 2. The van der Waals surface area contributed by atoms with Crippen LogP contribution < -0.4 is 10.1 Å². The van der Waals surface area contributed by atoms with E-state index in [-0.39, 0.29) is 0 Å². The number of fused-ring (bicyclic) bond motifs is 2. The van der Waals surface area contributed by atoms with Crippen molar-refractivity contribution in [3.63, 3.8) is 0 Å². The quantitative estimate of drug-likeness (QED) is 0.316. The van der Waals surface area contributed by atoms with Crippen LogP contribution in [-0.4, -0.2) is 45.0 Å². The smallest absolute Gasteiger partial charge is 0.338 e. The highest BCUT2D eigenvalue weighted by Gasteiger charge is 2.23. The summed E-state index contributed by atoms with van der Waals surface area (Å²) in [6, 6.07) is 14.2. The number of aromatic nitrogens is 4. The van der Waals surface area contributed by atoms with E-state index in [2.05, 4.69) is 25.3 Å². The third-order valence-corrected chi connectivity index (χ3v) is 6.32. The second-order valence-corrected chi connectivity index (χ2v) is 8.73. The van der Waals surface area contributed by atoms with Crippen LogP contribution in [0.2, 0.25) is 0 Å². The van der Waals surface area contributed by atoms with E-state index in [1.165, 1.54) is 11.3 Å². The molecule has 35 heavy (non-hydrogen) atoms. The molecule has 5 rings (SSSR count). The average molecular weight is 488 g/mol. The molecule has 1 unspecified atom stereocenters. The first-order chi connectivity index (χ1) is 17.0. The van der Waals surface area contributed by atoms with E-state index in [1.807, 2.05) is 24.3 Å². The first-order valence-electron chi connectivity index (χ1n) is 10.9. The summed E-state index contributed by atoms with van der Waals surface area (Å²) in [4.78, 5) is 41.9. The Morgan fingerprint density at radius 1 is 1.11 bits per heavy atom. The van der Waals surface area contributed by atoms with Crippen molar-refractivity contribution in [1.82, 2.24) is 19.9 Å². The Hall–Kier alpha value is -4.31. The van der Waals surface area contributed by atoms with E-state index in [1.54, 1.807) is 50.7 Å². The van der Waals surface area contributed by atoms with Crippen LogP contribution in [0.4, 0.5) is 5.13 Å². The zero-order chi connectivity index (χ0) is 24.4. The highest BCUT2D eigenvalue weighted by Crippen LogP contribution is 2.29. The van der Waals surface area contributed by atoms with Crippen molar-refractivity contribution in [2.75, 3.05) is 12.4 Å². The van der Waals surface area contributed by atoms with Crippen LogP contribution >= 0.6 is 11.3 Å². The van der Waals surface area contributed by atoms with Crippen molar-refractivity contribution >= 4 is 49.6 Å². The van der Waals surface area contributed by atoms with Crippen LogP contribution in [0.25, 0.3) is 32.6 Å². The lowest BCUT2D eigenvalue weighted by atomic mass is 10.2. The number of hydrogen-bond donors (Lipinski definition) is 2. The minimum atomic E-state index is -0.965. The van der Waals surface area contributed by atoms with Crippen molar-refractivity contribution in [3.05, 3.63) is 66.5 Å². The Labute approximate surface area is 204 Å². The number of nitrogens with zero attached hydrogens (tertiary/aromatic N) is 3. The van der Waals surface area contributed by atoms with Gasteiger partial charge in [-0.05, 0) is 55.0 Å². The molecule has 3 aromatic heterocycles. The SMILES string of the molecule is CCC(OC(=O)c1ccc2nc(-c3cccnc3)[nH]c2c1)C(=O)Nc1nc2ccc(OC)cc2s1. The number of methoxy groups -OCH3 is 1. The lowest BCUT2D eigenvalue weighted by Gasteiger charge is -2.15. The molecule has 0 aliphatic carbocycles. The standard InChI is InChI=1S/C25H21N5O4S/c1-3-20(23(31)30-25-29-18-9-7-16(33-2)12-21(18)35-25)34-24(32)14-6-8-17-19(11-14)28-22(27-17)15-5-4-10-26-13-15/h4-13,20H,3H2,1-2H3,(H,27,28)(H,29,30,31). The summed E-state index contributed by atoms with van der Waals surface area (Å²) in [5.41, 5.74) is 3.29. The van der Waals surface area contributed by atoms with E-state index in [0.717, 1.165) is 15.8 Å². The average Bonchev–Trinajstić information content (AvgIpc) is 3.50. The highest BCUT2D eigenvalue weighted by molar-refractivity contribution is 7.22. The minimum absolute atomic E-state index is 0.313. The van der Waals surface area contributed by atoms with Crippen LogP contribution in [0.15, 0.2) is 60.9 Å². The molecule has 0 radical (unpaired) electrons. The molecular weight excluding hydrogens is 466 g/mol. The number of ether oxygens (including phenoxy) is 2. The number of nitrogens with one attached hydrogen (secondary N) is 2. The molecule has 0 spiro atoms. The number of imidazole rings is 1. The molecule has 10 heteroatoms. The summed E-state index contributed by atoms with van der Waals surface area (Å²) in [6.07, 6.45) is 2.74. The van der Waals surface area contributed by atoms with E-state index in [4.69, 9.17) is 9.47 Å². The summed E-state index contributed by atoms with van der Waals surface area (Å²) >= 11 is 1.32. The van der Waals surface area contributed by atoms with Crippen LogP contribution in [0, 0.1) is 0 Å². The number of carbonyl (C=O) groups is 2. The first kappa shape index (κ1) is 22.5. The number of amides is 1. The van der Waals surface area contributed by atoms with E-state index < -0.39 is 18.0 Å². The Morgan fingerprint density at radius 2 is 1.97 bits per heavy atom. The minimum Gasteiger partial charge on any atom is -0.497 e. The molecule has 0 saturated heterocycles. The van der Waals surface area contributed by atoms with E-state index >= 15 is 0 Å². The number of hydrogen-bond acceptors (Lipinski definition) is 8. The van der Waals surface area contributed by atoms with Gasteiger partial charge in [-0.2, -0.15) is 0 Å². The van der Waals surface area contributed by atoms with Gasteiger partial charge in [0, 0.05) is 18.0 Å². The number of pyridine rings is 1. The molecule has 9 nitrogen and oxygen atoms in total. The number of aromatic amines is 1. The zero-order valence-electron chi connectivity index (χ0n) is 18.9. The molecule has 0 aliphatic rings. The molecule has 2 aromatic carbocycles. The largest absolute Gasteiger partial charge is 0.497 e. The molecule has 5 aromatic rings. The number of thiazole rings is 1. The van der Waals surface area contributed by atoms with Crippen LogP contribution in [0.1, 0.15) is 23.7 Å². The molecular formula is C25H21N5O4S. The molecule has 0 fully saturated rings. The van der Waals surface area contributed by atoms with Gasteiger partial charge < -0.3 is 14.5 Å². The highest BCUT2D eigenvalue weighted by atomic mass is 32.1. The predicted molar refractivity (Wildman–Crippen MR) is 134 cm³/mol. The second kappa shape index (κ2) is 9.51. The summed E-state index contributed by atoms with van der Waals surface area (Å²) in [7, 11) is 1.59. The number of rotatable bonds is 7. The summed E-state index contributed by atoms with van der Waals surface area (Å²) in [5.74, 6) is 0.327. The third kappa shape index (κ3) is 4.69. The van der Waals surface area contributed by atoms with Gasteiger partial charge >= 0.3 is 5.97 Å². The van der Waals surface area contributed by atoms with Crippen molar-refractivity contribution in [2.24, 2.45) is 0 Å². The number of H-pyrrole nitrogens is 1. The number of esters is 1. The summed E-state index contributed by atoms with van der Waals surface area (Å²) in [6.45, 7) is 1.78. The maximum Gasteiger partial charge on any atom is 0.338 e. The van der Waals surface area contributed by atoms with Crippen LogP contribution in [0.5, 0.6) is 5.75 Å². The molecule has 2 N–H and O–H groups in total. The second-order valence-electron chi connectivity index (χ2n) is 7.70. The van der Waals surface area contributed by atoms with Crippen molar-refractivity contribution in [3.8, 4) is 17.1 Å². The van der Waals surface area contributed by atoms with Crippen molar-refractivity contribution in [1.29, 1.82) is 0 Å². The van der Waals surface area contributed by atoms with E-state index in [9.17, 15) is 9.59 Å². The van der Waals surface area contributed by atoms with Gasteiger partial charge in [-0.25, -0.2) is 14.8 Å². The topological polar surface area (TPSA) is 119 Å². The maximum atomic E-state index is 12.8. The van der Waals surface area contributed by atoms with Gasteiger partial charge in [0.25, 0.3) is 5.91 Å². The molecule has 0 bridgehead atoms. The van der Waals surface area contributed by atoms with Crippen molar-refractivity contribution in [2.45, 2.75) is 19.4 Å². The summed E-state index contributed by atoms with van der Waals surface area (Å²) in [5, 5.41) is 3.18. The fraction of sp³-hybridized carbons (Fsp3) is 0.160. The predicted octanol–water partition coefficient (Wildman–Crippen LogP) is 4.82. The van der Waals surface area contributed by atoms with Gasteiger partial charge in [0.1, 0.15) is 11.6 Å². The van der Waals surface area contributed by atoms with Gasteiger partial charge in [-0.15, -0.1) is 0 Å². The maximum absolute atomic E-state index is 12.8. The van der Waals surface area contributed by atoms with Gasteiger partial charge in [0.05, 0.1) is 33.9 Å². The van der Waals surface area contributed by atoms with Gasteiger partial charge in [-0.3, -0.25) is 15.1 Å². The van der Waals surface area contributed by atoms with Crippen LogP contribution in [0.3, 0.4) is 0 Å². The third-order valence-electron chi connectivity index (χ3n) is 5.39. The number of benzene rings is 2. The van der Waals surface area contributed by atoms with Gasteiger partial charge in [-0.1, -0.05) is 18.3 Å². The molecule has 1 atom stereocenters. The fourth-order valence-corrected chi connectivity index (χ4v) is 4.46. The van der Waals surface area contributed by atoms with Crippen molar-refractivity contribution < 1.29 is 19.1 Å². The lowest BCUT2D eigenvalue weighted by molar-refractivity contribution is -0.124. The Morgan fingerprint density at radius 3 is 2.74 bits per heavy atom. The Balaban J connectivity index is 1.29. The fourth-order valence-electron chi connectivity index (χ4n) is 3.57. The summed E-state index contributed by atoms with van der Waals surface area (Å²) < 4.78 is 11.6. The van der Waals surface area contributed by atoms with Crippen LogP contribution in [-0.2, 0) is 9.53 Å². The normalized spacial score (nSPS) is 11.9. The first-order valence-corrected chi connectivity index (χ1v) is 11.7. The Kier molecular flexibility index (Phi) is 6.11. The lowest BCUT2D eigenvalue weighted by Crippen LogP contribution is -2.32. The molecule has 3 heterocycles. The molecule has 176 valence electrons. The zero-order valence-corrected chi connectivity index (χ0v) is 19.8. The molecule has 0 aliphatic heterocycles. The van der Waals surface area contributed by atoms with E-state index in [0.29, 0.717) is 39.7 Å². The molecule has 0 saturated carbocycles. The Bertz CT molecular complexity index is 1530. The van der Waals surface area contributed by atoms with Gasteiger partial charge in [0.15, 0.2) is 11.2 Å².